The van der Waals surface area contributed by atoms with Crippen molar-refractivity contribution < 1.29 is 23.9 Å². The molecule has 2 N–H and O–H groups in total. The van der Waals surface area contributed by atoms with E-state index in [1.807, 2.05) is 0 Å². The standard InChI is InChI=1S/C21H22N2O5/c1-13(21(26)22-16-7-5-15(6-8-16)14(2)24)11-20(25)23-18-12-17(27-3)9-10-19(18)28-4/h5-12H,1-4H3,(H,22,26)(H,23,25)/b13-11-. The van der Waals surface area contributed by atoms with Gasteiger partial charge in [-0.2, -0.15) is 0 Å². The Labute approximate surface area is 163 Å². The predicted octanol–water partition coefficient (Wildman–Crippen LogP) is 3.43. The summed E-state index contributed by atoms with van der Waals surface area (Å²) in [6.45, 7) is 3.00. The van der Waals surface area contributed by atoms with Crippen molar-refractivity contribution in [3.05, 3.63) is 59.7 Å². The molecule has 146 valence electrons. The first kappa shape index (κ1) is 20.7. The van der Waals surface area contributed by atoms with Crippen molar-refractivity contribution >= 4 is 29.0 Å². The Kier molecular flexibility index (Phi) is 6.92. The number of anilines is 2. The van der Waals surface area contributed by atoms with E-state index < -0.39 is 11.8 Å². The quantitative estimate of drug-likeness (QED) is 0.565. The molecule has 0 aliphatic heterocycles. The molecule has 0 heterocycles. The number of Topliss-reactive ketones (excluding diaryl/α,β-unsaturated/α-hetero) is 1. The number of hydrogen-bond donors (Lipinski definition) is 2. The van der Waals surface area contributed by atoms with Gasteiger partial charge in [0.15, 0.2) is 5.78 Å². The van der Waals surface area contributed by atoms with Crippen LogP contribution in [0.3, 0.4) is 0 Å². The van der Waals surface area contributed by atoms with E-state index in [1.54, 1.807) is 42.5 Å². The summed E-state index contributed by atoms with van der Waals surface area (Å²) in [5, 5.41) is 5.34. The predicted molar refractivity (Wildman–Crippen MR) is 107 cm³/mol. The zero-order chi connectivity index (χ0) is 20.7. The van der Waals surface area contributed by atoms with Gasteiger partial charge in [0.2, 0.25) is 5.91 Å². The van der Waals surface area contributed by atoms with E-state index in [2.05, 4.69) is 10.6 Å². The van der Waals surface area contributed by atoms with Crippen LogP contribution >= 0.6 is 0 Å². The summed E-state index contributed by atoms with van der Waals surface area (Å²) in [4.78, 5) is 35.8. The van der Waals surface area contributed by atoms with E-state index in [9.17, 15) is 14.4 Å². The Morgan fingerprint density at radius 2 is 1.57 bits per heavy atom. The minimum absolute atomic E-state index is 0.0569. The number of carbonyl (C=O) groups is 3. The lowest BCUT2D eigenvalue weighted by molar-refractivity contribution is -0.114. The molecular formula is C21H22N2O5. The number of ether oxygens (including phenoxy) is 2. The van der Waals surface area contributed by atoms with Crippen molar-refractivity contribution in [2.45, 2.75) is 13.8 Å². The molecular weight excluding hydrogens is 360 g/mol. The van der Waals surface area contributed by atoms with Crippen molar-refractivity contribution in [1.82, 2.24) is 0 Å². The number of carbonyl (C=O) groups excluding carboxylic acids is 3. The number of nitrogens with one attached hydrogen (secondary N) is 2. The van der Waals surface area contributed by atoms with Gasteiger partial charge in [0, 0.05) is 29.0 Å². The maximum atomic E-state index is 12.3. The normalized spacial score (nSPS) is 10.8. The Morgan fingerprint density at radius 1 is 0.893 bits per heavy atom. The summed E-state index contributed by atoms with van der Waals surface area (Å²) < 4.78 is 10.3. The summed E-state index contributed by atoms with van der Waals surface area (Å²) >= 11 is 0. The maximum Gasteiger partial charge on any atom is 0.251 e. The molecule has 0 aliphatic carbocycles. The Morgan fingerprint density at radius 3 is 2.14 bits per heavy atom. The number of methoxy groups -OCH3 is 2. The van der Waals surface area contributed by atoms with Crippen LogP contribution in [0.5, 0.6) is 11.5 Å². The summed E-state index contributed by atoms with van der Waals surface area (Å²) in [6, 6.07) is 11.5. The second-order valence-corrected chi connectivity index (χ2v) is 5.97. The van der Waals surface area contributed by atoms with Gasteiger partial charge in [-0.1, -0.05) is 0 Å². The molecule has 2 rings (SSSR count). The van der Waals surface area contributed by atoms with Crippen LogP contribution in [0.4, 0.5) is 11.4 Å². The highest BCUT2D eigenvalue weighted by atomic mass is 16.5. The van der Waals surface area contributed by atoms with Gasteiger partial charge in [0.05, 0.1) is 19.9 Å². The highest BCUT2D eigenvalue weighted by Gasteiger charge is 2.11. The average molecular weight is 382 g/mol. The van der Waals surface area contributed by atoms with Crippen LogP contribution in [0, 0.1) is 0 Å². The molecule has 0 bridgehead atoms. The minimum atomic E-state index is -0.480. The third kappa shape index (κ3) is 5.44. The summed E-state index contributed by atoms with van der Waals surface area (Å²) in [6.07, 6.45) is 1.19. The Bertz CT molecular complexity index is 917. The van der Waals surface area contributed by atoms with Gasteiger partial charge in [0.1, 0.15) is 11.5 Å². The number of rotatable bonds is 7. The molecule has 2 aromatic rings. The highest BCUT2D eigenvalue weighted by Crippen LogP contribution is 2.28. The lowest BCUT2D eigenvalue weighted by Gasteiger charge is -2.11. The van der Waals surface area contributed by atoms with Crippen LogP contribution in [-0.2, 0) is 9.59 Å². The van der Waals surface area contributed by atoms with Crippen molar-refractivity contribution in [1.29, 1.82) is 0 Å². The molecule has 0 unspecified atom stereocenters. The number of ketones is 1. The van der Waals surface area contributed by atoms with E-state index in [-0.39, 0.29) is 11.4 Å². The Balaban J connectivity index is 2.06. The third-order valence-electron chi connectivity index (χ3n) is 3.92. The summed E-state index contributed by atoms with van der Waals surface area (Å²) in [5.74, 6) is 0.0619. The molecule has 28 heavy (non-hydrogen) atoms. The Hall–Kier alpha value is -3.61. The molecule has 0 fully saturated rings. The van der Waals surface area contributed by atoms with Gasteiger partial charge in [-0.05, 0) is 50.2 Å². The SMILES string of the molecule is COc1ccc(OC)c(NC(=O)/C=C(/C)C(=O)Nc2ccc(C(C)=O)cc2)c1. The average Bonchev–Trinajstić information content (AvgIpc) is 2.68. The molecule has 0 spiro atoms. The van der Waals surface area contributed by atoms with Crippen LogP contribution in [-0.4, -0.2) is 31.8 Å². The van der Waals surface area contributed by atoms with Gasteiger partial charge >= 0.3 is 0 Å². The van der Waals surface area contributed by atoms with Gasteiger partial charge < -0.3 is 20.1 Å². The zero-order valence-corrected chi connectivity index (χ0v) is 16.2. The van der Waals surface area contributed by atoms with E-state index in [1.165, 1.54) is 34.1 Å². The topological polar surface area (TPSA) is 93.7 Å². The van der Waals surface area contributed by atoms with Crippen LogP contribution in [0.2, 0.25) is 0 Å². The fourth-order valence-electron chi connectivity index (χ4n) is 2.36. The van der Waals surface area contributed by atoms with Crippen LogP contribution in [0.15, 0.2) is 54.1 Å². The second-order valence-electron chi connectivity index (χ2n) is 5.97. The second kappa shape index (κ2) is 9.36. The fourth-order valence-corrected chi connectivity index (χ4v) is 2.36. The van der Waals surface area contributed by atoms with Crippen LogP contribution in [0.1, 0.15) is 24.2 Å². The molecule has 0 saturated carbocycles. The van der Waals surface area contributed by atoms with E-state index in [0.29, 0.717) is 28.4 Å². The molecule has 0 aliphatic rings. The van der Waals surface area contributed by atoms with Crippen molar-refractivity contribution in [2.75, 3.05) is 24.9 Å². The minimum Gasteiger partial charge on any atom is -0.497 e. The van der Waals surface area contributed by atoms with Crippen LogP contribution in [0.25, 0.3) is 0 Å². The number of amides is 2. The summed E-state index contributed by atoms with van der Waals surface area (Å²) in [7, 11) is 3.01. The summed E-state index contributed by atoms with van der Waals surface area (Å²) in [5.41, 5.74) is 1.72. The van der Waals surface area contributed by atoms with Crippen molar-refractivity contribution in [3.8, 4) is 11.5 Å². The first-order valence-corrected chi connectivity index (χ1v) is 8.47. The molecule has 2 amide bonds. The molecule has 7 heteroatoms. The van der Waals surface area contributed by atoms with Crippen molar-refractivity contribution in [3.63, 3.8) is 0 Å². The first-order valence-electron chi connectivity index (χ1n) is 8.47. The van der Waals surface area contributed by atoms with E-state index >= 15 is 0 Å². The molecule has 0 saturated heterocycles. The van der Waals surface area contributed by atoms with Gasteiger partial charge in [-0.15, -0.1) is 0 Å². The third-order valence-corrected chi connectivity index (χ3v) is 3.92. The van der Waals surface area contributed by atoms with Gasteiger partial charge in [-0.3, -0.25) is 14.4 Å². The smallest absolute Gasteiger partial charge is 0.251 e. The van der Waals surface area contributed by atoms with E-state index in [4.69, 9.17) is 9.47 Å². The molecule has 2 aromatic carbocycles. The largest absolute Gasteiger partial charge is 0.497 e. The van der Waals surface area contributed by atoms with E-state index in [0.717, 1.165) is 0 Å². The first-order chi connectivity index (χ1) is 13.3. The molecule has 0 radical (unpaired) electrons. The fraction of sp³-hybridized carbons (Fsp3) is 0.190. The molecule has 0 atom stereocenters. The molecule has 0 aromatic heterocycles. The maximum absolute atomic E-state index is 12.3. The number of hydrogen-bond acceptors (Lipinski definition) is 5. The van der Waals surface area contributed by atoms with Gasteiger partial charge in [0.25, 0.3) is 5.91 Å². The lowest BCUT2D eigenvalue weighted by atomic mass is 10.1. The molecule has 7 nitrogen and oxygen atoms in total. The number of benzene rings is 2. The highest BCUT2D eigenvalue weighted by molar-refractivity contribution is 6.10. The van der Waals surface area contributed by atoms with Gasteiger partial charge in [-0.25, -0.2) is 0 Å². The van der Waals surface area contributed by atoms with Crippen molar-refractivity contribution in [2.24, 2.45) is 0 Å². The lowest BCUT2D eigenvalue weighted by Crippen LogP contribution is -2.16. The van der Waals surface area contributed by atoms with Crippen LogP contribution < -0.4 is 20.1 Å². The zero-order valence-electron chi connectivity index (χ0n) is 16.2. The monoisotopic (exact) mass is 382 g/mol.